The van der Waals surface area contributed by atoms with Crippen molar-refractivity contribution in [2.24, 2.45) is 0 Å². The predicted octanol–water partition coefficient (Wildman–Crippen LogP) is 2.36. The van der Waals surface area contributed by atoms with E-state index in [1.807, 2.05) is 18.8 Å². The third-order valence-electron chi connectivity index (χ3n) is 3.33. The molecule has 1 fully saturated rings. The van der Waals surface area contributed by atoms with Crippen molar-refractivity contribution in [3.05, 3.63) is 41.5 Å². The first-order valence-electron chi connectivity index (χ1n) is 6.44. The van der Waals surface area contributed by atoms with Crippen molar-refractivity contribution in [2.45, 2.75) is 12.5 Å². The summed E-state index contributed by atoms with van der Waals surface area (Å²) in [7, 11) is 1.83. The molecule has 20 heavy (non-hydrogen) atoms. The van der Waals surface area contributed by atoms with E-state index in [-0.39, 0.29) is 5.91 Å². The Labute approximate surface area is 122 Å². The van der Waals surface area contributed by atoms with Gasteiger partial charge in [0.2, 0.25) is 0 Å². The van der Waals surface area contributed by atoms with Gasteiger partial charge in [-0.2, -0.15) is 11.8 Å². The molecule has 0 spiro atoms. The monoisotopic (exact) mass is 291 g/mol. The summed E-state index contributed by atoms with van der Waals surface area (Å²) in [5.41, 5.74) is 1.31. The maximum absolute atomic E-state index is 12.4. The first-order valence-corrected chi connectivity index (χ1v) is 7.59. The van der Waals surface area contributed by atoms with E-state index in [9.17, 15) is 9.59 Å². The molecule has 0 aromatic heterocycles. The van der Waals surface area contributed by atoms with E-state index in [0.717, 1.165) is 24.0 Å². The maximum Gasteiger partial charge on any atom is 0.328 e. The summed E-state index contributed by atoms with van der Waals surface area (Å²) in [4.78, 5) is 24.7. The van der Waals surface area contributed by atoms with Crippen LogP contribution in [0.5, 0.6) is 0 Å². The molecule has 4 nitrogen and oxygen atoms in total. The highest BCUT2D eigenvalue weighted by atomic mass is 32.2. The summed E-state index contributed by atoms with van der Waals surface area (Å²) in [6, 6.07) is 7.33. The largest absolute Gasteiger partial charge is 0.478 e. The minimum atomic E-state index is -0.998. The lowest BCUT2D eigenvalue weighted by Gasteiger charge is -2.23. The van der Waals surface area contributed by atoms with Crippen LogP contribution in [0.1, 0.15) is 22.3 Å². The number of aliphatic carboxylic acids is 1. The van der Waals surface area contributed by atoms with Crippen molar-refractivity contribution >= 4 is 29.7 Å². The highest BCUT2D eigenvalue weighted by molar-refractivity contribution is 7.99. The SMILES string of the molecule is CN(C(=O)c1cccc(C=CC(=O)O)c1)C1CCSC1. The Balaban J connectivity index is 2.13. The molecule has 2 rings (SSSR count). The second-order valence-corrected chi connectivity index (χ2v) is 5.88. The first kappa shape index (κ1) is 14.7. The van der Waals surface area contributed by atoms with Crippen molar-refractivity contribution in [1.29, 1.82) is 0 Å². The number of benzene rings is 1. The lowest BCUT2D eigenvalue weighted by Crippen LogP contribution is -2.36. The molecule has 1 atom stereocenters. The van der Waals surface area contributed by atoms with Crippen LogP contribution in [0.15, 0.2) is 30.3 Å². The number of nitrogens with zero attached hydrogens (tertiary/aromatic N) is 1. The summed E-state index contributed by atoms with van der Waals surface area (Å²) >= 11 is 1.87. The van der Waals surface area contributed by atoms with Gasteiger partial charge in [-0.3, -0.25) is 4.79 Å². The zero-order chi connectivity index (χ0) is 14.5. The number of hydrogen-bond donors (Lipinski definition) is 1. The van der Waals surface area contributed by atoms with Gasteiger partial charge in [-0.05, 0) is 35.9 Å². The number of carboxylic acids is 1. The molecule has 1 N–H and O–H groups in total. The lowest BCUT2D eigenvalue weighted by molar-refractivity contribution is -0.131. The molecule has 1 aliphatic rings. The van der Waals surface area contributed by atoms with Crippen LogP contribution in [0.4, 0.5) is 0 Å². The highest BCUT2D eigenvalue weighted by Crippen LogP contribution is 2.22. The fourth-order valence-electron chi connectivity index (χ4n) is 2.14. The molecule has 1 amide bonds. The fourth-order valence-corrected chi connectivity index (χ4v) is 3.41. The Morgan fingerprint density at radius 1 is 1.45 bits per heavy atom. The van der Waals surface area contributed by atoms with E-state index in [1.54, 1.807) is 29.2 Å². The van der Waals surface area contributed by atoms with Crippen LogP contribution in [0.3, 0.4) is 0 Å². The van der Waals surface area contributed by atoms with Crippen molar-refractivity contribution < 1.29 is 14.7 Å². The molecule has 1 aliphatic heterocycles. The molecule has 0 radical (unpaired) electrons. The number of rotatable bonds is 4. The normalized spacial score (nSPS) is 18.4. The van der Waals surface area contributed by atoms with Crippen LogP contribution in [-0.2, 0) is 4.79 Å². The Hall–Kier alpha value is -1.75. The average Bonchev–Trinajstić information content (AvgIpc) is 2.98. The molecular weight excluding hydrogens is 274 g/mol. The summed E-state index contributed by atoms with van der Waals surface area (Å²) in [6.07, 6.45) is 3.59. The molecule has 1 aromatic carbocycles. The quantitative estimate of drug-likeness (QED) is 0.865. The van der Waals surface area contributed by atoms with Gasteiger partial charge in [0.1, 0.15) is 0 Å². The lowest BCUT2D eigenvalue weighted by atomic mass is 10.1. The summed E-state index contributed by atoms with van der Waals surface area (Å²) in [5, 5.41) is 8.62. The van der Waals surface area contributed by atoms with Crippen LogP contribution in [0, 0.1) is 0 Å². The van der Waals surface area contributed by atoms with Crippen LogP contribution in [0.25, 0.3) is 6.08 Å². The number of thioether (sulfide) groups is 1. The summed E-state index contributed by atoms with van der Waals surface area (Å²) in [5.74, 6) is 1.08. The number of carbonyl (C=O) groups excluding carboxylic acids is 1. The van der Waals surface area contributed by atoms with Crippen molar-refractivity contribution in [1.82, 2.24) is 4.90 Å². The second-order valence-electron chi connectivity index (χ2n) is 4.73. The molecule has 5 heteroatoms. The molecule has 1 aromatic rings. The van der Waals surface area contributed by atoms with Crippen LogP contribution < -0.4 is 0 Å². The summed E-state index contributed by atoms with van der Waals surface area (Å²) < 4.78 is 0. The zero-order valence-corrected chi connectivity index (χ0v) is 12.1. The van der Waals surface area contributed by atoms with E-state index in [1.165, 1.54) is 6.08 Å². The van der Waals surface area contributed by atoms with Gasteiger partial charge in [-0.15, -0.1) is 0 Å². The Kier molecular flexibility index (Phi) is 4.84. The first-order chi connectivity index (χ1) is 9.58. The topological polar surface area (TPSA) is 57.6 Å². The molecule has 0 aliphatic carbocycles. The summed E-state index contributed by atoms with van der Waals surface area (Å²) in [6.45, 7) is 0. The highest BCUT2D eigenvalue weighted by Gasteiger charge is 2.24. The Morgan fingerprint density at radius 3 is 2.90 bits per heavy atom. The van der Waals surface area contributed by atoms with Gasteiger partial charge in [0.15, 0.2) is 0 Å². The smallest absolute Gasteiger partial charge is 0.328 e. The van der Waals surface area contributed by atoms with Crippen LogP contribution in [-0.4, -0.2) is 46.5 Å². The van der Waals surface area contributed by atoms with Gasteiger partial charge < -0.3 is 10.0 Å². The molecule has 106 valence electrons. The molecule has 1 saturated heterocycles. The molecular formula is C15H17NO3S. The van der Waals surface area contributed by atoms with E-state index in [2.05, 4.69) is 0 Å². The van der Waals surface area contributed by atoms with Gasteiger partial charge in [0.25, 0.3) is 5.91 Å². The van der Waals surface area contributed by atoms with Gasteiger partial charge >= 0.3 is 5.97 Å². The van der Waals surface area contributed by atoms with E-state index >= 15 is 0 Å². The second kappa shape index (κ2) is 6.61. The minimum Gasteiger partial charge on any atom is -0.478 e. The minimum absolute atomic E-state index is 0.0110. The molecule has 0 bridgehead atoms. The standard InChI is InChI=1S/C15H17NO3S/c1-16(13-7-8-20-10-13)15(19)12-4-2-3-11(9-12)5-6-14(17)18/h2-6,9,13H,7-8,10H2,1H3,(H,17,18). The van der Waals surface area contributed by atoms with E-state index < -0.39 is 5.97 Å². The third kappa shape index (κ3) is 3.63. The maximum atomic E-state index is 12.4. The van der Waals surface area contributed by atoms with Gasteiger partial charge in [-0.1, -0.05) is 12.1 Å². The fraction of sp³-hybridized carbons (Fsp3) is 0.333. The third-order valence-corrected chi connectivity index (χ3v) is 4.47. The molecule has 0 saturated carbocycles. The van der Waals surface area contributed by atoms with E-state index in [0.29, 0.717) is 17.2 Å². The Morgan fingerprint density at radius 2 is 2.25 bits per heavy atom. The number of amides is 1. The zero-order valence-electron chi connectivity index (χ0n) is 11.3. The predicted molar refractivity (Wildman–Crippen MR) is 80.9 cm³/mol. The number of hydrogen-bond acceptors (Lipinski definition) is 3. The Bertz CT molecular complexity index is 536. The van der Waals surface area contributed by atoms with Crippen LogP contribution >= 0.6 is 11.8 Å². The van der Waals surface area contributed by atoms with Crippen molar-refractivity contribution in [3.8, 4) is 0 Å². The molecule has 1 unspecified atom stereocenters. The van der Waals surface area contributed by atoms with Gasteiger partial charge in [0.05, 0.1) is 0 Å². The van der Waals surface area contributed by atoms with E-state index in [4.69, 9.17) is 5.11 Å². The van der Waals surface area contributed by atoms with Crippen molar-refractivity contribution in [3.63, 3.8) is 0 Å². The molecule has 1 heterocycles. The van der Waals surface area contributed by atoms with Gasteiger partial charge in [0, 0.05) is 30.5 Å². The number of carbonyl (C=O) groups is 2. The van der Waals surface area contributed by atoms with Crippen molar-refractivity contribution in [2.75, 3.05) is 18.6 Å². The van der Waals surface area contributed by atoms with Gasteiger partial charge in [-0.25, -0.2) is 4.79 Å². The number of carboxylic acid groups (broad SMARTS) is 1. The average molecular weight is 291 g/mol. The van der Waals surface area contributed by atoms with Crippen LogP contribution in [0.2, 0.25) is 0 Å².